The van der Waals surface area contributed by atoms with Crippen LogP contribution in [0.2, 0.25) is 0 Å². The van der Waals surface area contributed by atoms with Crippen molar-refractivity contribution in [2.75, 3.05) is 5.32 Å². The van der Waals surface area contributed by atoms with Crippen molar-refractivity contribution in [3.8, 4) is 0 Å². The van der Waals surface area contributed by atoms with Crippen molar-refractivity contribution in [2.24, 2.45) is 0 Å². The van der Waals surface area contributed by atoms with Crippen LogP contribution < -0.4 is 5.32 Å². The van der Waals surface area contributed by atoms with E-state index in [0.29, 0.717) is 0 Å². The second kappa shape index (κ2) is 2.11. The quantitative estimate of drug-likeness (QED) is 0.553. The molecule has 0 aliphatic carbocycles. The molecule has 8 heavy (non-hydrogen) atoms. The summed E-state index contributed by atoms with van der Waals surface area (Å²) in [6.45, 7) is 0. The van der Waals surface area contributed by atoms with Gasteiger partial charge in [-0.25, -0.2) is 4.98 Å². The first kappa shape index (κ1) is 4.83. The highest BCUT2D eigenvalue weighted by Gasteiger charge is 1.89. The number of amides is 1. The summed E-state index contributed by atoms with van der Waals surface area (Å²) in [5.41, 5.74) is 0. The Morgan fingerprint density at radius 3 is 3.25 bits per heavy atom. The van der Waals surface area contributed by atoms with Crippen LogP contribution in [0.25, 0.3) is 0 Å². The molecule has 1 rings (SSSR count). The summed E-state index contributed by atoms with van der Waals surface area (Å²) < 4.78 is 4.59. The number of aromatic nitrogens is 1. The van der Waals surface area contributed by atoms with Crippen LogP contribution in [0.5, 0.6) is 0 Å². The summed E-state index contributed by atoms with van der Waals surface area (Å²) in [6, 6.07) is 0.167. The van der Waals surface area contributed by atoms with Gasteiger partial charge in [0.05, 0.1) is 6.20 Å². The van der Waals surface area contributed by atoms with Gasteiger partial charge < -0.3 is 4.42 Å². The van der Waals surface area contributed by atoms with E-state index in [1.165, 1.54) is 18.9 Å². The van der Waals surface area contributed by atoms with E-state index >= 15 is 0 Å². The number of rotatable bonds is 2. The zero-order valence-corrected chi connectivity index (χ0v) is 3.92. The topological polar surface area (TPSA) is 55.1 Å². The van der Waals surface area contributed by atoms with E-state index in [0.717, 1.165) is 0 Å². The minimum atomic E-state index is 0.167. The van der Waals surface area contributed by atoms with Gasteiger partial charge >= 0.3 is 12.4 Å². The molecule has 4 heteroatoms. The number of nitrogens with zero attached hydrogens (tertiary/aromatic N) is 1. The lowest BCUT2D eigenvalue weighted by Crippen LogP contribution is -1.91. The maximum Gasteiger partial charge on any atom is 0.317 e. The molecule has 1 heterocycles. The Kier molecular flexibility index (Phi) is 1.27. The van der Waals surface area contributed by atoms with Crippen molar-refractivity contribution in [1.29, 1.82) is 0 Å². The third-order valence-corrected chi connectivity index (χ3v) is 0.590. The normalized spacial score (nSPS) is 8.50. The highest BCUT2D eigenvalue weighted by molar-refractivity contribution is 5.66. The fourth-order valence-corrected chi connectivity index (χ4v) is 0.329. The van der Waals surface area contributed by atoms with Gasteiger partial charge in [0.1, 0.15) is 6.26 Å². The molecule has 0 aliphatic rings. The smallest absolute Gasteiger partial charge is 0.317 e. The molecule has 0 atom stereocenters. The van der Waals surface area contributed by atoms with Crippen LogP contribution in [-0.2, 0) is 4.79 Å². The lowest BCUT2D eigenvalue weighted by atomic mass is 11.0. The average molecular weight is 111 g/mol. The van der Waals surface area contributed by atoms with Crippen LogP contribution in [0.4, 0.5) is 6.01 Å². The maximum absolute atomic E-state index is 9.54. The number of hydrogen-bond acceptors (Lipinski definition) is 3. The van der Waals surface area contributed by atoms with E-state index in [9.17, 15) is 4.79 Å². The van der Waals surface area contributed by atoms with E-state index in [-0.39, 0.29) is 6.01 Å². The predicted octanol–water partition coefficient (Wildman–Crippen LogP) is 0.154. The zero-order chi connectivity index (χ0) is 5.82. The number of hydrogen-bond donors (Lipinski definition) is 1. The molecule has 0 bridgehead atoms. The Balaban J connectivity index is 2.62. The van der Waals surface area contributed by atoms with Crippen molar-refractivity contribution >= 4 is 12.4 Å². The summed E-state index contributed by atoms with van der Waals surface area (Å²) in [6.07, 6.45) is 4.20. The van der Waals surface area contributed by atoms with Crippen molar-refractivity contribution < 1.29 is 9.21 Å². The summed E-state index contributed by atoms with van der Waals surface area (Å²) in [5.74, 6) is 0. The Morgan fingerprint density at radius 2 is 2.75 bits per heavy atom. The molecule has 41 valence electrons. The van der Waals surface area contributed by atoms with Crippen LogP contribution in [0.1, 0.15) is 0 Å². The minimum absolute atomic E-state index is 0.167. The first-order valence-corrected chi connectivity index (χ1v) is 1.96. The molecule has 1 amide bonds. The number of nitrogens with one attached hydrogen (secondary N) is 1. The molecule has 0 spiro atoms. The first-order chi connectivity index (χ1) is 3.93. The van der Waals surface area contributed by atoms with Gasteiger partial charge in [-0.15, -0.1) is 0 Å². The fraction of sp³-hybridized carbons (Fsp3) is 0. The van der Waals surface area contributed by atoms with Gasteiger partial charge in [0, 0.05) is 0 Å². The van der Waals surface area contributed by atoms with Crippen LogP contribution in [0.15, 0.2) is 16.9 Å². The van der Waals surface area contributed by atoms with Gasteiger partial charge in [-0.2, -0.15) is 0 Å². The van der Waals surface area contributed by atoms with Gasteiger partial charge in [0.15, 0.2) is 0 Å². The predicted molar refractivity (Wildman–Crippen MR) is 25.8 cm³/mol. The SMILES string of the molecule is O=[C]Nc1ncco1. The molecule has 0 aromatic carbocycles. The molecule has 0 fully saturated rings. The second-order valence-electron chi connectivity index (χ2n) is 1.06. The summed E-state index contributed by atoms with van der Waals surface area (Å²) >= 11 is 0. The third-order valence-electron chi connectivity index (χ3n) is 0.590. The highest BCUT2D eigenvalue weighted by atomic mass is 16.4. The Morgan fingerprint density at radius 1 is 1.88 bits per heavy atom. The van der Waals surface area contributed by atoms with Gasteiger partial charge in [0.25, 0.3) is 0 Å². The maximum atomic E-state index is 9.54. The molecule has 0 unspecified atom stereocenters. The molecule has 0 saturated heterocycles. The van der Waals surface area contributed by atoms with E-state index in [1.807, 2.05) is 0 Å². The van der Waals surface area contributed by atoms with E-state index < -0.39 is 0 Å². The van der Waals surface area contributed by atoms with Gasteiger partial charge in [0.2, 0.25) is 0 Å². The number of anilines is 1. The standard InChI is InChI=1S/C4H3N2O2/c7-3-6-4-5-1-2-8-4/h1-2H,(H,5,6,7). The van der Waals surface area contributed by atoms with Gasteiger partial charge in [-0.1, -0.05) is 0 Å². The van der Waals surface area contributed by atoms with Gasteiger partial charge in [-0.3, -0.25) is 10.1 Å². The highest BCUT2D eigenvalue weighted by Crippen LogP contribution is 1.97. The molecular formula is C4H3N2O2. The van der Waals surface area contributed by atoms with Crippen molar-refractivity contribution in [1.82, 2.24) is 4.98 Å². The fourth-order valence-electron chi connectivity index (χ4n) is 0.329. The molecule has 0 saturated carbocycles. The third kappa shape index (κ3) is 0.841. The summed E-state index contributed by atoms with van der Waals surface area (Å²) in [7, 11) is 0. The lowest BCUT2D eigenvalue weighted by molar-refractivity contribution is 0.550. The van der Waals surface area contributed by atoms with E-state index in [4.69, 9.17) is 0 Å². The van der Waals surface area contributed by atoms with Crippen LogP contribution >= 0.6 is 0 Å². The molecule has 1 aromatic heterocycles. The zero-order valence-electron chi connectivity index (χ0n) is 3.92. The molecule has 1 N–H and O–H groups in total. The van der Waals surface area contributed by atoms with Crippen LogP contribution in [-0.4, -0.2) is 11.4 Å². The monoisotopic (exact) mass is 111 g/mol. The van der Waals surface area contributed by atoms with Gasteiger partial charge in [-0.05, 0) is 0 Å². The largest absolute Gasteiger partial charge is 0.432 e. The molecule has 1 radical (unpaired) electrons. The number of oxazole rings is 1. The summed E-state index contributed by atoms with van der Waals surface area (Å²) in [4.78, 5) is 13.1. The minimum Gasteiger partial charge on any atom is -0.432 e. The summed E-state index contributed by atoms with van der Waals surface area (Å²) in [5, 5.41) is 2.10. The second-order valence-corrected chi connectivity index (χ2v) is 1.06. The first-order valence-electron chi connectivity index (χ1n) is 1.96. The van der Waals surface area contributed by atoms with Crippen molar-refractivity contribution in [3.63, 3.8) is 0 Å². The average Bonchev–Trinajstić information content (AvgIpc) is 2.19. The van der Waals surface area contributed by atoms with E-state index in [1.54, 1.807) is 0 Å². The lowest BCUT2D eigenvalue weighted by Gasteiger charge is -1.80. The molecular weight excluding hydrogens is 108 g/mol. The molecule has 1 aromatic rings. The van der Waals surface area contributed by atoms with Crippen molar-refractivity contribution in [3.05, 3.63) is 12.5 Å². The van der Waals surface area contributed by atoms with Crippen LogP contribution in [0, 0.1) is 0 Å². The van der Waals surface area contributed by atoms with Crippen molar-refractivity contribution in [2.45, 2.75) is 0 Å². The molecule has 0 aliphatic heterocycles. The number of carbonyl (C=O) groups excluding carboxylic acids is 1. The Hall–Kier alpha value is -1.32. The van der Waals surface area contributed by atoms with E-state index in [2.05, 4.69) is 14.7 Å². The Bertz CT molecular complexity index is 159. The molecule has 4 nitrogen and oxygen atoms in total. The Labute approximate surface area is 45.5 Å². The van der Waals surface area contributed by atoms with Crippen LogP contribution in [0.3, 0.4) is 0 Å².